The average molecular weight is 478 g/mol. The third kappa shape index (κ3) is 5.85. The molecular weight excluding hydrogens is 450 g/mol. The SMILES string of the molecule is COCCC(C(=O)OC(C)(C)C)n1cc(OC)c(-c2cc(Cl)ccc2C2=NNCO2)cc1=O. The molecule has 1 aliphatic rings. The van der Waals surface area contributed by atoms with Crippen molar-refractivity contribution in [2.24, 2.45) is 5.10 Å². The summed E-state index contributed by atoms with van der Waals surface area (Å²) in [6.45, 7) is 5.83. The smallest absolute Gasteiger partial charge is 0.329 e. The summed E-state index contributed by atoms with van der Waals surface area (Å²) in [5.74, 6) is 0.218. The molecule has 1 unspecified atom stereocenters. The Morgan fingerprint density at radius 1 is 1.24 bits per heavy atom. The summed E-state index contributed by atoms with van der Waals surface area (Å²) in [5, 5.41) is 4.61. The van der Waals surface area contributed by atoms with Gasteiger partial charge in [-0.3, -0.25) is 14.8 Å². The van der Waals surface area contributed by atoms with Crippen molar-refractivity contribution in [3.63, 3.8) is 0 Å². The van der Waals surface area contributed by atoms with E-state index in [1.54, 1.807) is 39.0 Å². The van der Waals surface area contributed by atoms with Crippen molar-refractivity contribution < 1.29 is 23.7 Å². The number of nitrogens with zero attached hydrogens (tertiary/aromatic N) is 2. The van der Waals surface area contributed by atoms with Gasteiger partial charge < -0.3 is 18.9 Å². The molecule has 1 aliphatic heterocycles. The monoisotopic (exact) mass is 477 g/mol. The standard InChI is InChI=1S/C23H28ClN3O6/c1-23(2,3)33-22(29)18(8-9-30-4)27-12-19(31-5)17(11-20(27)28)16-10-14(24)6-7-15(16)21-26-25-13-32-21/h6-7,10-12,18,25H,8-9,13H2,1-5H3. The molecule has 0 fully saturated rings. The second-order valence-electron chi connectivity index (χ2n) is 8.39. The lowest BCUT2D eigenvalue weighted by atomic mass is 9.99. The summed E-state index contributed by atoms with van der Waals surface area (Å²) >= 11 is 6.26. The summed E-state index contributed by atoms with van der Waals surface area (Å²) in [5.41, 5.74) is 3.38. The number of ether oxygens (including phenoxy) is 4. The molecule has 0 aliphatic carbocycles. The van der Waals surface area contributed by atoms with Crippen molar-refractivity contribution in [3.8, 4) is 16.9 Å². The molecule has 0 bridgehead atoms. The molecule has 1 aromatic heterocycles. The van der Waals surface area contributed by atoms with Crippen LogP contribution in [0.15, 0.2) is 40.4 Å². The van der Waals surface area contributed by atoms with E-state index in [-0.39, 0.29) is 19.8 Å². The van der Waals surface area contributed by atoms with Gasteiger partial charge in [-0.25, -0.2) is 4.79 Å². The number of carbonyl (C=O) groups is 1. The third-order valence-corrected chi connectivity index (χ3v) is 5.07. The first-order valence-electron chi connectivity index (χ1n) is 10.4. The van der Waals surface area contributed by atoms with Gasteiger partial charge in [-0.2, -0.15) is 0 Å². The Hall–Kier alpha value is -3.04. The third-order valence-electron chi connectivity index (χ3n) is 4.83. The first-order valence-corrected chi connectivity index (χ1v) is 10.8. The van der Waals surface area contributed by atoms with E-state index in [1.165, 1.54) is 31.0 Å². The maximum atomic E-state index is 13.2. The number of esters is 1. The van der Waals surface area contributed by atoms with Gasteiger partial charge in [0.25, 0.3) is 5.56 Å². The molecule has 178 valence electrons. The number of pyridine rings is 1. The number of rotatable bonds is 8. The number of aromatic nitrogens is 1. The summed E-state index contributed by atoms with van der Waals surface area (Å²) < 4.78 is 23.1. The highest BCUT2D eigenvalue weighted by molar-refractivity contribution is 6.31. The maximum Gasteiger partial charge on any atom is 0.329 e. The summed E-state index contributed by atoms with van der Waals surface area (Å²) in [6, 6.07) is 5.70. The quantitative estimate of drug-likeness (QED) is 0.582. The lowest BCUT2D eigenvalue weighted by Crippen LogP contribution is -2.35. The van der Waals surface area contributed by atoms with E-state index < -0.39 is 23.2 Å². The summed E-state index contributed by atoms with van der Waals surface area (Å²) in [4.78, 5) is 26.1. The van der Waals surface area contributed by atoms with Crippen LogP contribution in [0.25, 0.3) is 11.1 Å². The van der Waals surface area contributed by atoms with Crippen molar-refractivity contribution in [2.45, 2.75) is 38.8 Å². The largest absolute Gasteiger partial charge is 0.495 e. The molecular formula is C23H28ClN3O6. The highest BCUT2D eigenvalue weighted by atomic mass is 35.5. The number of nitrogens with one attached hydrogen (secondary N) is 1. The van der Waals surface area contributed by atoms with E-state index in [0.29, 0.717) is 33.4 Å². The molecule has 0 radical (unpaired) electrons. The van der Waals surface area contributed by atoms with Crippen LogP contribution in [0, 0.1) is 0 Å². The van der Waals surface area contributed by atoms with Crippen molar-refractivity contribution in [2.75, 3.05) is 27.6 Å². The van der Waals surface area contributed by atoms with Gasteiger partial charge >= 0.3 is 5.97 Å². The number of benzene rings is 1. The highest BCUT2D eigenvalue weighted by Gasteiger charge is 2.29. The lowest BCUT2D eigenvalue weighted by Gasteiger charge is -2.25. The minimum absolute atomic E-state index is 0.243. The lowest BCUT2D eigenvalue weighted by molar-refractivity contribution is -0.159. The van der Waals surface area contributed by atoms with Gasteiger partial charge in [0, 0.05) is 42.4 Å². The molecule has 2 heterocycles. The summed E-state index contributed by atoms with van der Waals surface area (Å²) in [7, 11) is 3.02. The van der Waals surface area contributed by atoms with Crippen LogP contribution < -0.4 is 15.7 Å². The second-order valence-corrected chi connectivity index (χ2v) is 8.82. The number of hydrogen-bond donors (Lipinski definition) is 1. The van der Waals surface area contributed by atoms with Gasteiger partial charge in [0.15, 0.2) is 6.73 Å². The van der Waals surface area contributed by atoms with Crippen LogP contribution in [-0.2, 0) is 19.0 Å². The van der Waals surface area contributed by atoms with Crippen molar-refractivity contribution in [1.29, 1.82) is 0 Å². The number of hydrazone groups is 1. The molecule has 0 amide bonds. The van der Waals surface area contributed by atoms with E-state index >= 15 is 0 Å². The minimum atomic E-state index is -0.884. The van der Waals surface area contributed by atoms with Gasteiger partial charge in [0.2, 0.25) is 5.90 Å². The minimum Gasteiger partial charge on any atom is -0.495 e. The van der Waals surface area contributed by atoms with Crippen LogP contribution in [0.2, 0.25) is 5.02 Å². The van der Waals surface area contributed by atoms with Crippen LogP contribution in [0.3, 0.4) is 0 Å². The van der Waals surface area contributed by atoms with Gasteiger partial charge in [0.1, 0.15) is 17.4 Å². The normalized spacial score (nSPS) is 14.2. The number of carbonyl (C=O) groups excluding carboxylic acids is 1. The Balaban J connectivity index is 2.12. The number of methoxy groups -OCH3 is 2. The Bertz CT molecular complexity index is 1110. The van der Waals surface area contributed by atoms with E-state index in [0.717, 1.165) is 0 Å². The van der Waals surface area contributed by atoms with Crippen LogP contribution in [-0.4, -0.2) is 49.6 Å². The highest BCUT2D eigenvalue weighted by Crippen LogP contribution is 2.34. The maximum absolute atomic E-state index is 13.2. The Labute approximate surface area is 197 Å². The van der Waals surface area contributed by atoms with Gasteiger partial charge in [0.05, 0.1) is 13.3 Å². The average Bonchev–Trinajstić information content (AvgIpc) is 3.28. The molecule has 3 rings (SSSR count). The van der Waals surface area contributed by atoms with E-state index in [1.807, 2.05) is 0 Å². The Morgan fingerprint density at radius 3 is 2.61 bits per heavy atom. The molecule has 9 nitrogen and oxygen atoms in total. The molecule has 10 heteroatoms. The van der Waals surface area contributed by atoms with Gasteiger partial charge in [-0.15, -0.1) is 5.10 Å². The fourth-order valence-corrected chi connectivity index (χ4v) is 3.59. The fraction of sp³-hybridized carbons (Fsp3) is 0.435. The van der Waals surface area contributed by atoms with Gasteiger partial charge in [-0.1, -0.05) is 11.6 Å². The number of halogens is 1. The van der Waals surface area contributed by atoms with Crippen LogP contribution >= 0.6 is 11.6 Å². The zero-order chi connectivity index (χ0) is 24.2. The first-order chi connectivity index (χ1) is 15.6. The predicted octanol–water partition coefficient (Wildman–Crippen LogP) is 3.34. The molecule has 1 atom stereocenters. The second kappa shape index (κ2) is 10.3. The topological polar surface area (TPSA) is 100 Å². The van der Waals surface area contributed by atoms with Gasteiger partial charge in [-0.05, 0) is 44.5 Å². The zero-order valence-electron chi connectivity index (χ0n) is 19.3. The van der Waals surface area contributed by atoms with Crippen LogP contribution in [0.4, 0.5) is 0 Å². The van der Waals surface area contributed by atoms with E-state index in [2.05, 4.69) is 10.5 Å². The zero-order valence-corrected chi connectivity index (χ0v) is 20.1. The van der Waals surface area contributed by atoms with E-state index in [9.17, 15) is 9.59 Å². The van der Waals surface area contributed by atoms with Crippen molar-refractivity contribution in [3.05, 3.63) is 51.4 Å². The van der Waals surface area contributed by atoms with Crippen molar-refractivity contribution in [1.82, 2.24) is 9.99 Å². The van der Waals surface area contributed by atoms with E-state index in [4.69, 9.17) is 30.5 Å². The van der Waals surface area contributed by atoms with Crippen molar-refractivity contribution >= 4 is 23.5 Å². The number of hydrogen-bond acceptors (Lipinski definition) is 8. The molecule has 0 spiro atoms. The fourth-order valence-electron chi connectivity index (χ4n) is 3.42. The molecule has 0 saturated carbocycles. The first kappa shape index (κ1) is 24.6. The Morgan fingerprint density at radius 2 is 2.00 bits per heavy atom. The Kier molecular flexibility index (Phi) is 7.65. The molecule has 0 saturated heterocycles. The van der Waals surface area contributed by atoms with Crippen LogP contribution in [0.5, 0.6) is 5.75 Å². The summed E-state index contributed by atoms with van der Waals surface area (Å²) in [6.07, 6.45) is 1.76. The molecule has 1 N–H and O–H groups in total. The molecule has 2 aromatic rings. The molecule has 1 aromatic carbocycles. The van der Waals surface area contributed by atoms with Crippen LogP contribution in [0.1, 0.15) is 38.8 Å². The molecule has 33 heavy (non-hydrogen) atoms. The predicted molar refractivity (Wildman–Crippen MR) is 125 cm³/mol.